The van der Waals surface area contributed by atoms with E-state index in [4.69, 9.17) is 4.74 Å². The summed E-state index contributed by atoms with van der Waals surface area (Å²) in [5.41, 5.74) is 2.26. The Bertz CT molecular complexity index is 556. The van der Waals surface area contributed by atoms with E-state index in [0.29, 0.717) is 12.4 Å². The van der Waals surface area contributed by atoms with Crippen LogP contribution < -0.4 is 10.1 Å². The van der Waals surface area contributed by atoms with E-state index in [1.807, 2.05) is 24.3 Å². The van der Waals surface area contributed by atoms with Crippen LogP contribution in [0.25, 0.3) is 0 Å². The summed E-state index contributed by atoms with van der Waals surface area (Å²) < 4.78 is 5.68. The fourth-order valence-corrected chi connectivity index (χ4v) is 1.77. The fourth-order valence-electron chi connectivity index (χ4n) is 1.77. The first-order valence-electron chi connectivity index (χ1n) is 7.31. The van der Waals surface area contributed by atoms with Crippen molar-refractivity contribution in [2.45, 2.75) is 46.2 Å². The number of aryl methyl sites for hydroxylation is 1. The van der Waals surface area contributed by atoms with Gasteiger partial charge in [-0.1, -0.05) is 19.1 Å². The molecule has 112 valence electrons. The number of hydrogen-bond donors (Lipinski definition) is 1. The molecule has 1 aromatic heterocycles. The van der Waals surface area contributed by atoms with Crippen molar-refractivity contribution in [3.63, 3.8) is 0 Å². The van der Waals surface area contributed by atoms with E-state index in [2.05, 4.69) is 55.3 Å². The molecule has 0 unspecified atom stereocenters. The molecule has 0 saturated carbocycles. The van der Waals surface area contributed by atoms with E-state index in [1.165, 1.54) is 5.56 Å². The number of aromatic nitrogens is 2. The molecule has 2 rings (SSSR count). The van der Waals surface area contributed by atoms with Crippen molar-refractivity contribution in [2.24, 2.45) is 0 Å². The van der Waals surface area contributed by atoms with Gasteiger partial charge in [0.05, 0.1) is 5.69 Å². The number of nitrogens with zero attached hydrogens (tertiary/aromatic N) is 2. The van der Waals surface area contributed by atoms with Gasteiger partial charge in [-0.3, -0.25) is 0 Å². The monoisotopic (exact) mass is 285 g/mol. The Hall–Kier alpha value is -1.94. The molecule has 0 radical (unpaired) electrons. The van der Waals surface area contributed by atoms with Crippen molar-refractivity contribution in [1.29, 1.82) is 0 Å². The van der Waals surface area contributed by atoms with E-state index in [0.717, 1.165) is 17.9 Å². The minimum absolute atomic E-state index is 0.0673. The van der Waals surface area contributed by atoms with Gasteiger partial charge in [0.1, 0.15) is 5.75 Å². The Morgan fingerprint density at radius 1 is 1.00 bits per heavy atom. The van der Waals surface area contributed by atoms with Crippen molar-refractivity contribution >= 4 is 0 Å². The predicted molar refractivity (Wildman–Crippen MR) is 84.5 cm³/mol. The third-order valence-corrected chi connectivity index (χ3v) is 3.05. The molecule has 4 heteroatoms. The molecule has 0 spiro atoms. The molecule has 0 aliphatic carbocycles. The zero-order valence-corrected chi connectivity index (χ0v) is 13.2. The van der Waals surface area contributed by atoms with Crippen molar-refractivity contribution in [3.05, 3.63) is 47.7 Å². The average molecular weight is 285 g/mol. The second kappa shape index (κ2) is 6.68. The Kier molecular flexibility index (Phi) is 4.91. The number of nitrogens with one attached hydrogen (secondary N) is 1. The van der Waals surface area contributed by atoms with Gasteiger partial charge in [0.15, 0.2) is 0 Å². The highest BCUT2D eigenvalue weighted by Gasteiger charge is 2.09. The Balaban J connectivity index is 1.95. The highest BCUT2D eigenvalue weighted by molar-refractivity contribution is 5.30. The highest BCUT2D eigenvalue weighted by Crippen LogP contribution is 2.19. The minimum atomic E-state index is 0.0673. The molecular formula is C17H23N3O. The summed E-state index contributed by atoms with van der Waals surface area (Å²) in [6.45, 7) is 9.20. The van der Waals surface area contributed by atoms with Crippen molar-refractivity contribution in [2.75, 3.05) is 0 Å². The standard InChI is InChI=1S/C17H23N3O/c1-5-13-6-9-15(10-7-13)21-16-11-8-14(19-20-16)12-18-17(2,3)4/h6-11,18H,5,12H2,1-4H3. The molecular weight excluding hydrogens is 262 g/mol. The molecule has 0 atom stereocenters. The number of rotatable bonds is 5. The summed E-state index contributed by atoms with van der Waals surface area (Å²) in [6, 6.07) is 11.8. The third kappa shape index (κ3) is 5.16. The van der Waals surface area contributed by atoms with Gasteiger partial charge >= 0.3 is 0 Å². The molecule has 4 nitrogen and oxygen atoms in total. The summed E-state index contributed by atoms with van der Waals surface area (Å²) in [4.78, 5) is 0. The zero-order chi connectivity index (χ0) is 15.3. The third-order valence-electron chi connectivity index (χ3n) is 3.05. The molecule has 0 saturated heterocycles. The predicted octanol–water partition coefficient (Wildman–Crippen LogP) is 3.72. The summed E-state index contributed by atoms with van der Waals surface area (Å²) in [6.07, 6.45) is 1.02. The molecule has 21 heavy (non-hydrogen) atoms. The summed E-state index contributed by atoms with van der Waals surface area (Å²) in [5, 5.41) is 11.7. The van der Waals surface area contributed by atoms with Gasteiger partial charge in [0.25, 0.3) is 0 Å². The first kappa shape index (κ1) is 15.4. The zero-order valence-electron chi connectivity index (χ0n) is 13.2. The molecule has 0 fully saturated rings. The van der Waals surface area contributed by atoms with Crippen LogP contribution >= 0.6 is 0 Å². The molecule has 0 bridgehead atoms. The van der Waals surface area contributed by atoms with Crippen LogP contribution in [0.4, 0.5) is 0 Å². The van der Waals surface area contributed by atoms with Gasteiger partial charge in [-0.2, -0.15) is 5.10 Å². The largest absolute Gasteiger partial charge is 0.438 e. The molecule has 0 aliphatic rings. The van der Waals surface area contributed by atoms with Crippen LogP contribution in [-0.2, 0) is 13.0 Å². The maximum absolute atomic E-state index is 5.68. The smallest absolute Gasteiger partial charge is 0.238 e. The first-order chi connectivity index (χ1) is 9.96. The second-order valence-corrected chi connectivity index (χ2v) is 6.07. The van der Waals surface area contributed by atoms with E-state index in [-0.39, 0.29) is 5.54 Å². The van der Waals surface area contributed by atoms with E-state index in [9.17, 15) is 0 Å². The summed E-state index contributed by atoms with van der Waals surface area (Å²) in [7, 11) is 0. The topological polar surface area (TPSA) is 47.0 Å². The van der Waals surface area contributed by atoms with Crippen LogP contribution in [0.1, 0.15) is 39.0 Å². The quantitative estimate of drug-likeness (QED) is 0.909. The lowest BCUT2D eigenvalue weighted by Crippen LogP contribution is -2.35. The van der Waals surface area contributed by atoms with Gasteiger partial charge in [-0.25, -0.2) is 0 Å². The van der Waals surface area contributed by atoms with Crippen LogP contribution in [-0.4, -0.2) is 15.7 Å². The van der Waals surface area contributed by atoms with Gasteiger partial charge in [-0.05, 0) is 51.0 Å². The van der Waals surface area contributed by atoms with E-state index in [1.54, 1.807) is 0 Å². The van der Waals surface area contributed by atoms with Crippen LogP contribution in [0.3, 0.4) is 0 Å². The highest BCUT2D eigenvalue weighted by atomic mass is 16.5. The first-order valence-corrected chi connectivity index (χ1v) is 7.31. The molecule has 1 heterocycles. The molecule has 0 aliphatic heterocycles. The molecule has 0 amide bonds. The van der Waals surface area contributed by atoms with Crippen molar-refractivity contribution < 1.29 is 4.74 Å². The van der Waals surface area contributed by atoms with Gasteiger partial charge in [0.2, 0.25) is 5.88 Å². The normalized spacial score (nSPS) is 11.4. The molecule has 1 N–H and O–H groups in total. The maximum atomic E-state index is 5.68. The van der Waals surface area contributed by atoms with Crippen LogP contribution in [0, 0.1) is 0 Å². The summed E-state index contributed by atoms with van der Waals surface area (Å²) in [5.74, 6) is 1.29. The lowest BCUT2D eigenvalue weighted by Gasteiger charge is -2.19. The van der Waals surface area contributed by atoms with E-state index < -0.39 is 0 Å². The number of benzene rings is 1. The number of hydrogen-bond acceptors (Lipinski definition) is 4. The summed E-state index contributed by atoms with van der Waals surface area (Å²) >= 11 is 0. The Labute approximate surface area is 126 Å². The van der Waals surface area contributed by atoms with Gasteiger partial charge in [-0.15, -0.1) is 5.10 Å². The van der Waals surface area contributed by atoms with Crippen LogP contribution in [0.15, 0.2) is 36.4 Å². The Morgan fingerprint density at radius 3 is 2.24 bits per heavy atom. The lowest BCUT2D eigenvalue weighted by molar-refractivity contribution is 0.416. The van der Waals surface area contributed by atoms with Crippen molar-refractivity contribution in [3.8, 4) is 11.6 Å². The fraction of sp³-hybridized carbons (Fsp3) is 0.412. The minimum Gasteiger partial charge on any atom is -0.438 e. The van der Waals surface area contributed by atoms with Gasteiger partial charge in [0, 0.05) is 18.2 Å². The molecule has 1 aromatic carbocycles. The van der Waals surface area contributed by atoms with Gasteiger partial charge < -0.3 is 10.1 Å². The molecule has 2 aromatic rings. The van der Waals surface area contributed by atoms with Crippen LogP contribution in [0.2, 0.25) is 0 Å². The van der Waals surface area contributed by atoms with E-state index >= 15 is 0 Å². The van der Waals surface area contributed by atoms with Crippen LogP contribution in [0.5, 0.6) is 11.6 Å². The number of ether oxygens (including phenoxy) is 1. The SMILES string of the molecule is CCc1ccc(Oc2ccc(CNC(C)(C)C)nn2)cc1. The Morgan fingerprint density at radius 2 is 1.71 bits per heavy atom. The average Bonchev–Trinajstić information content (AvgIpc) is 2.46. The second-order valence-electron chi connectivity index (χ2n) is 6.07. The lowest BCUT2D eigenvalue weighted by atomic mass is 10.1. The van der Waals surface area contributed by atoms with Crippen molar-refractivity contribution in [1.82, 2.24) is 15.5 Å². The maximum Gasteiger partial charge on any atom is 0.238 e.